The average Bonchev–Trinajstić information content (AvgIpc) is 2.22. The van der Waals surface area contributed by atoms with Crippen LogP contribution in [0.15, 0.2) is 11.0 Å². The Labute approximate surface area is 102 Å². The van der Waals surface area contributed by atoms with Crippen LogP contribution in [0.4, 0.5) is 0 Å². The fourth-order valence-electron chi connectivity index (χ4n) is 1.79. The van der Waals surface area contributed by atoms with Gasteiger partial charge in [0.1, 0.15) is 0 Å². The van der Waals surface area contributed by atoms with Crippen molar-refractivity contribution in [2.24, 2.45) is 0 Å². The van der Waals surface area contributed by atoms with Crippen LogP contribution in [0.5, 0.6) is 0 Å². The Bertz CT molecular complexity index is 496. The molecular formula is C11H9ClO3S. The Morgan fingerprint density at radius 2 is 2.25 bits per heavy atom. The van der Waals surface area contributed by atoms with Crippen LogP contribution in [0.25, 0.3) is 0 Å². The number of rotatable bonds is 1. The van der Waals surface area contributed by atoms with E-state index in [4.69, 9.17) is 16.7 Å². The van der Waals surface area contributed by atoms with E-state index in [0.717, 1.165) is 4.90 Å². The lowest BCUT2D eigenvalue weighted by molar-refractivity contribution is 0.0696. The minimum absolute atomic E-state index is 0.0174. The van der Waals surface area contributed by atoms with Gasteiger partial charge in [-0.05, 0) is 18.6 Å². The number of hydrogen-bond acceptors (Lipinski definition) is 3. The fraction of sp³-hybridized carbons (Fsp3) is 0.273. The second-order valence-electron chi connectivity index (χ2n) is 3.56. The third-order valence-corrected chi connectivity index (χ3v) is 4.11. The molecule has 0 radical (unpaired) electrons. The van der Waals surface area contributed by atoms with Gasteiger partial charge in [-0.3, -0.25) is 4.79 Å². The van der Waals surface area contributed by atoms with Gasteiger partial charge in [0, 0.05) is 22.6 Å². The molecule has 16 heavy (non-hydrogen) atoms. The van der Waals surface area contributed by atoms with E-state index in [2.05, 4.69) is 0 Å². The standard InChI is InChI=1S/C11H9ClO3S/c1-5-6(11(14)15)4-7(12)10-9(5)8(13)2-3-16-10/h4H,2-3H2,1H3,(H,14,15). The van der Waals surface area contributed by atoms with Crippen molar-refractivity contribution in [2.45, 2.75) is 18.2 Å². The van der Waals surface area contributed by atoms with Gasteiger partial charge in [0.2, 0.25) is 0 Å². The summed E-state index contributed by atoms with van der Waals surface area (Å²) in [6, 6.07) is 1.42. The number of thioether (sulfide) groups is 1. The molecule has 5 heteroatoms. The minimum atomic E-state index is -1.05. The highest BCUT2D eigenvalue weighted by atomic mass is 35.5. The number of Topliss-reactive ketones (excluding diaryl/α,β-unsaturated/α-hetero) is 1. The highest BCUT2D eigenvalue weighted by molar-refractivity contribution is 7.99. The van der Waals surface area contributed by atoms with E-state index in [9.17, 15) is 9.59 Å². The predicted octanol–water partition coefficient (Wildman–Crippen LogP) is 3.03. The number of hydrogen-bond donors (Lipinski definition) is 1. The van der Waals surface area contributed by atoms with Gasteiger partial charge in [0.05, 0.1) is 10.6 Å². The maximum Gasteiger partial charge on any atom is 0.336 e. The van der Waals surface area contributed by atoms with Crippen LogP contribution in [0.2, 0.25) is 5.02 Å². The van der Waals surface area contributed by atoms with E-state index >= 15 is 0 Å². The van der Waals surface area contributed by atoms with Gasteiger partial charge in [0.15, 0.2) is 5.78 Å². The summed E-state index contributed by atoms with van der Waals surface area (Å²) in [5.41, 5.74) is 1.12. The maximum absolute atomic E-state index is 11.8. The third-order valence-electron chi connectivity index (χ3n) is 2.58. The van der Waals surface area contributed by atoms with Gasteiger partial charge in [0.25, 0.3) is 0 Å². The van der Waals surface area contributed by atoms with Crippen LogP contribution in [0.1, 0.15) is 32.7 Å². The predicted molar refractivity (Wildman–Crippen MR) is 62.8 cm³/mol. The summed E-state index contributed by atoms with van der Waals surface area (Å²) in [5, 5.41) is 9.36. The van der Waals surface area contributed by atoms with E-state index in [-0.39, 0.29) is 11.3 Å². The lowest BCUT2D eigenvalue weighted by Gasteiger charge is -2.19. The van der Waals surface area contributed by atoms with Gasteiger partial charge in [-0.25, -0.2) is 4.79 Å². The van der Waals surface area contributed by atoms with Gasteiger partial charge in [-0.2, -0.15) is 0 Å². The second kappa shape index (κ2) is 4.11. The van der Waals surface area contributed by atoms with Crippen molar-refractivity contribution in [1.29, 1.82) is 0 Å². The third kappa shape index (κ3) is 1.72. The first-order valence-electron chi connectivity index (χ1n) is 4.74. The molecule has 1 aromatic rings. The van der Waals surface area contributed by atoms with Crippen molar-refractivity contribution in [1.82, 2.24) is 0 Å². The van der Waals surface area contributed by atoms with Crippen molar-refractivity contribution in [3.63, 3.8) is 0 Å². The average molecular weight is 257 g/mol. The van der Waals surface area contributed by atoms with Crippen LogP contribution < -0.4 is 0 Å². The molecule has 1 N–H and O–H groups in total. The Morgan fingerprint density at radius 1 is 1.56 bits per heavy atom. The molecule has 0 atom stereocenters. The Morgan fingerprint density at radius 3 is 2.88 bits per heavy atom. The number of carboxylic acids is 1. The SMILES string of the molecule is Cc1c(C(=O)O)cc(Cl)c2c1C(=O)CCS2. The van der Waals surface area contributed by atoms with E-state index in [1.807, 2.05) is 0 Å². The molecule has 0 aromatic heterocycles. The molecule has 0 amide bonds. The molecule has 0 bridgehead atoms. The molecule has 0 spiro atoms. The smallest absolute Gasteiger partial charge is 0.336 e. The first-order chi connectivity index (χ1) is 7.52. The largest absolute Gasteiger partial charge is 0.478 e. The van der Waals surface area contributed by atoms with E-state index in [0.29, 0.717) is 28.3 Å². The summed E-state index contributed by atoms with van der Waals surface area (Å²) >= 11 is 7.50. The molecule has 0 aliphatic carbocycles. The van der Waals surface area contributed by atoms with Crippen molar-refractivity contribution < 1.29 is 14.7 Å². The van der Waals surface area contributed by atoms with Crippen LogP contribution in [-0.2, 0) is 0 Å². The summed E-state index contributed by atoms with van der Waals surface area (Å²) in [4.78, 5) is 23.5. The summed E-state index contributed by atoms with van der Waals surface area (Å²) < 4.78 is 0. The summed E-state index contributed by atoms with van der Waals surface area (Å²) in [5.74, 6) is -0.362. The summed E-state index contributed by atoms with van der Waals surface area (Å²) in [6.45, 7) is 1.66. The Kier molecular flexibility index (Phi) is 2.95. The molecule has 0 fully saturated rings. The molecule has 3 nitrogen and oxygen atoms in total. The molecule has 1 heterocycles. The second-order valence-corrected chi connectivity index (χ2v) is 5.07. The van der Waals surface area contributed by atoms with Crippen molar-refractivity contribution >= 4 is 35.1 Å². The number of benzene rings is 1. The molecule has 84 valence electrons. The summed E-state index contributed by atoms with van der Waals surface area (Å²) in [6.07, 6.45) is 0.442. The quantitative estimate of drug-likeness (QED) is 0.839. The number of carboxylic acid groups (broad SMARTS) is 1. The van der Waals surface area contributed by atoms with Crippen molar-refractivity contribution in [3.05, 3.63) is 27.8 Å². The van der Waals surface area contributed by atoms with Gasteiger partial charge in [-0.1, -0.05) is 11.6 Å². The minimum Gasteiger partial charge on any atom is -0.478 e. The van der Waals surface area contributed by atoms with Crippen LogP contribution in [0.3, 0.4) is 0 Å². The fourth-order valence-corrected chi connectivity index (χ4v) is 3.26. The number of carbonyl (C=O) groups is 2. The van der Waals surface area contributed by atoms with Crippen LogP contribution in [0, 0.1) is 6.92 Å². The molecule has 2 rings (SSSR count). The van der Waals surface area contributed by atoms with E-state index in [1.54, 1.807) is 6.92 Å². The number of aromatic carboxylic acids is 1. The Hall–Kier alpha value is -1.000. The lowest BCUT2D eigenvalue weighted by Crippen LogP contribution is -2.14. The zero-order chi connectivity index (χ0) is 11.9. The number of carbonyl (C=O) groups excluding carboxylic acids is 1. The van der Waals surface area contributed by atoms with Gasteiger partial charge < -0.3 is 5.11 Å². The zero-order valence-corrected chi connectivity index (χ0v) is 10.1. The molecule has 1 aromatic carbocycles. The summed E-state index contributed by atoms with van der Waals surface area (Å²) in [7, 11) is 0. The zero-order valence-electron chi connectivity index (χ0n) is 8.54. The first kappa shape index (κ1) is 11.5. The van der Waals surface area contributed by atoms with Crippen LogP contribution >= 0.6 is 23.4 Å². The lowest BCUT2D eigenvalue weighted by atomic mass is 9.97. The molecule has 0 saturated carbocycles. The van der Waals surface area contributed by atoms with Gasteiger partial charge in [-0.15, -0.1) is 11.8 Å². The van der Waals surface area contributed by atoms with E-state index < -0.39 is 5.97 Å². The number of ketones is 1. The topological polar surface area (TPSA) is 54.4 Å². The van der Waals surface area contributed by atoms with Crippen molar-refractivity contribution in [2.75, 3.05) is 5.75 Å². The highest BCUT2D eigenvalue weighted by Crippen LogP contribution is 2.39. The molecule has 0 saturated heterocycles. The van der Waals surface area contributed by atoms with Gasteiger partial charge >= 0.3 is 5.97 Å². The first-order valence-corrected chi connectivity index (χ1v) is 6.11. The van der Waals surface area contributed by atoms with E-state index in [1.165, 1.54) is 17.8 Å². The Balaban J connectivity index is 2.74. The highest BCUT2D eigenvalue weighted by Gasteiger charge is 2.25. The molecular weight excluding hydrogens is 248 g/mol. The van der Waals surface area contributed by atoms with Crippen molar-refractivity contribution in [3.8, 4) is 0 Å². The normalized spacial score (nSPS) is 14.8. The molecule has 1 aliphatic rings. The number of halogens is 1. The number of fused-ring (bicyclic) bond motifs is 1. The molecule has 1 aliphatic heterocycles. The maximum atomic E-state index is 11.8. The monoisotopic (exact) mass is 256 g/mol. The molecule has 0 unspecified atom stereocenters. The van der Waals surface area contributed by atoms with Crippen LogP contribution in [-0.4, -0.2) is 22.6 Å².